The number of rotatable bonds is 7. The molecule has 0 radical (unpaired) electrons. The van der Waals surface area contributed by atoms with Gasteiger partial charge in [0.05, 0.1) is 12.7 Å². The third kappa shape index (κ3) is 3.75. The van der Waals surface area contributed by atoms with Gasteiger partial charge in [0.15, 0.2) is 0 Å². The summed E-state index contributed by atoms with van der Waals surface area (Å²) in [5, 5.41) is 16.0. The summed E-state index contributed by atoms with van der Waals surface area (Å²) in [6.45, 7) is 3.78. The van der Waals surface area contributed by atoms with E-state index in [2.05, 4.69) is 23.5 Å². The molecule has 0 amide bonds. The lowest BCUT2D eigenvalue weighted by Gasteiger charge is -2.16. The number of hydrogen-bond donors (Lipinski definition) is 2. The normalized spacial score (nSPS) is 12.2. The summed E-state index contributed by atoms with van der Waals surface area (Å²) < 4.78 is 5.78. The fourth-order valence-corrected chi connectivity index (χ4v) is 2.92. The first-order valence-electron chi connectivity index (χ1n) is 8.36. The molecule has 0 bridgehead atoms. The summed E-state index contributed by atoms with van der Waals surface area (Å²) in [6, 6.07) is 22.1. The van der Waals surface area contributed by atoms with Gasteiger partial charge in [-0.25, -0.2) is 0 Å². The molecule has 3 rings (SSSR count). The van der Waals surface area contributed by atoms with Crippen LogP contribution in [-0.2, 0) is 6.54 Å². The Hall–Kier alpha value is -2.36. The van der Waals surface area contributed by atoms with Gasteiger partial charge in [-0.2, -0.15) is 0 Å². The molecule has 24 heavy (non-hydrogen) atoms. The Morgan fingerprint density at radius 1 is 0.958 bits per heavy atom. The molecule has 3 nitrogen and oxygen atoms in total. The molecule has 0 saturated heterocycles. The lowest BCUT2D eigenvalue weighted by Crippen LogP contribution is -2.21. The summed E-state index contributed by atoms with van der Waals surface area (Å²) in [4.78, 5) is 0. The molecule has 0 aliphatic heterocycles. The molecule has 0 fully saturated rings. The lowest BCUT2D eigenvalue weighted by atomic mass is 10.0. The van der Waals surface area contributed by atoms with E-state index in [-0.39, 0.29) is 0 Å². The molecule has 0 unspecified atom stereocenters. The first-order valence-corrected chi connectivity index (χ1v) is 8.36. The van der Waals surface area contributed by atoms with Crippen molar-refractivity contribution in [1.29, 1.82) is 0 Å². The van der Waals surface area contributed by atoms with Crippen LogP contribution in [0.4, 0.5) is 0 Å². The zero-order valence-corrected chi connectivity index (χ0v) is 13.9. The Morgan fingerprint density at radius 3 is 2.50 bits per heavy atom. The van der Waals surface area contributed by atoms with Crippen molar-refractivity contribution in [2.24, 2.45) is 0 Å². The van der Waals surface area contributed by atoms with Gasteiger partial charge in [-0.3, -0.25) is 0 Å². The van der Waals surface area contributed by atoms with E-state index in [0.717, 1.165) is 16.9 Å². The van der Waals surface area contributed by atoms with E-state index in [0.29, 0.717) is 19.7 Å². The molecule has 0 aliphatic rings. The number of ether oxygens (including phenoxy) is 1. The molecular weight excluding hydrogens is 298 g/mol. The van der Waals surface area contributed by atoms with Gasteiger partial charge in [-0.1, -0.05) is 60.7 Å². The Kier molecular flexibility index (Phi) is 5.47. The second-order valence-corrected chi connectivity index (χ2v) is 5.75. The molecular formula is C21H23NO2. The summed E-state index contributed by atoms with van der Waals surface area (Å²) >= 11 is 0. The third-order valence-corrected chi connectivity index (χ3v) is 4.12. The van der Waals surface area contributed by atoms with Crippen LogP contribution in [0.25, 0.3) is 10.8 Å². The predicted octanol–water partition coefficient (Wildman–Crippen LogP) is 4.06. The summed E-state index contributed by atoms with van der Waals surface area (Å²) in [7, 11) is 0. The van der Waals surface area contributed by atoms with E-state index in [4.69, 9.17) is 4.74 Å². The highest BCUT2D eigenvalue weighted by Gasteiger charge is 2.10. The monoisotopic (exact) mass is 321 g/mol. The minimum atomic E-state index is -0.517. The van der Waals surface area contributed by atoms with Crippen LogP contribution < -0.4 is 10.1 Å². The molecule has 3 heteroatoms. The SMILES string of the molecule is CCOc1ccc2ccccc2c1CNC[C@H](O)c1ccccc1. The summed E-state index contributed by atoms with van der Waals surface area (Å²) in [6.07, 6.45) is -0.517. The fourth-order valence-electron chi connectivity index (χ4n) is 2.92. The van der Waals surface area contributed by atoms with Crippen molar-refractivity contribution in [3.05, 3.63) is 77.9 Å². The van der Waals surface area contributed by atoms with E-state index >= 15 is 0 Å². The van der Waals surface area contributed by atoms with Crippen LogP contribution in [0, 0.1) is 0 Å². The molecule has 0 aromatic heterocycles. The third-order valence-electron chi connectivity index (χ3n) is 4.12. The average molecular weight is 321 g/mol. The van der Waals surface area contributed by atoms with E-state index in [9.17, 15) is 5.11 Å². The average Bonchev–Trinajstić information content (AvgIpc) is 2.64. The highest BCUT2D eigenvalue weighted by Crippen LogP contribution is 2.28. The molecule has 3 aromatic carbocycles. The van der Waals surface area contributed by atoms with E-state index < -0.39 is 6.10 Å². The van der Waals surface area contributed by atoms with Crippen molar-refractivity contribution in [2.75, 3.05) is 13.2 Å². The minimum Gasteiger partial charge on any atom is -0.494 e. The van der Waals surface area contributed by atoms with Gasteiger partial charge in [0.2, 0.25) is 0 Å². The van der Waals surface area contributed by atoms with E-state index in [1.54, 1.807) is 0 Å². The fraction of sp³-hybridized carbons (Fsp3) is 0.238. The Morgan fingerprint density at radius 2 is 1.71 bits per heavy atom. The zero-order chi connectivity index (χ0) is 16.8. The van der Waals surface area contributed by atoms with Crippen molar-refractivity contribution < 1.29 is 9.84 Å². The van der Waals surface area contributed by atoms with Gasteiger partial charge in [-0.15, -0.1) is 0 Å². The van der Waals surface area contributed by atoms with Crippen LogP contribution in [0.5, 0.6) is 5.75 Å². The van der Waals surface area contributed by atoms with Crippen molar-refractivity contribution >= 4 is 10.8 Å². The highest BCUT2D eigenvalue weighted by atomic mass is 16.5. The molecule has 124 valence electrons. The van der Waals surface area contributed by atoms with Crippen molar-refractivity contribution in [3.8, 4) is 5.75 Å². The molecule has 1 atom stereocenters. The topological polar surface area (TPSA) is 41.5 Å². The van der Waals surface area contributed by atoms with Crippen molar-refractivity contribution in [2.45, 2.75) is 19.6 Å². The number of aliphatic hydroxyl groups is 1. The molecule has 0 spiro atoms. The zero-order valence-electron chi connectivity index (χ0n) is 13.9. The van der Waals surface area contributed by atoms with E-state index in [1.165, 1.54) is 10.8 Å². The van der Waals surface area contributed by atoms with Crippen LogP contribution in [0.2, 0.25) is 0 Å². The lowest BCUT2D eigenvalue weighted by molar-refractivity contribution is 0.174. The quantitative estimate of drug-likeness (QED) is 0.689. The second kappa shape index (κ2) is 7.95. The Labute approximate surface area is 142 Å². The maximum absolute atomic E-state index is 10.3. The van der Waals surface area contributed by atoms with Crippen LogP contribution in [0.15, 0.2) is 66.7 Å². The van der Waals surface area contributed by atoms with Crippen molar-refractivity contribution in [3.63, 3.8) is 0 Å². The van der Waals surface area contributed by atoms with Gasteiger partial charge in [0.25, 0.3) is 0 Å². The van der Waals surface area contributed by atoms with Gasteiger partial charge in [0.1, 0.15) is 5.75 Å². The second-order valence-electron chi connectivity index (χ2n) is 5.75. The number of nitrogens with one attached hydrogen (secondary N) is 1. The number of fused-ring (bicyclic) bond motifs is 1. The maximum atomic E-state index is 10.3. The predicted molar refractivity (Wildman–Crippen MR) is 98.2 cm³/mol. The van der Waals surface area contributed by atoms with Crippen LogP contribution in [0.3, 0.4) is 0 Å². The van der Waals surface area contributed by atoms with Crippen LogP contribution >= 0.6 is 0 Å². The summed E-state index contributed by atoms with van der Waals surface area (Å²) in [5.74, 6) is 0.901. The van der Waals surface area contributed by atoms with E-state index in [1.807, 2.05) is 55.5 Å². The molecule has 3 aromatic rings. The van der Waals surface area contributed by atoms with Crippen LogP contribution in [-0.4, -0.2) is 18.3 Å². The minimum absolute atomic E-state index is 0.499. The molecule has 2 N–H and O–H groups in total. The standard InChI is InChI=1S/C21H23NO2/c1-2-24-21-13-12-16-8-6-7-11-18(16)19(21)14-22-15-20(23)17-9-4-3-5-10-17/h3-13,20,22-23H,2,14-15H2,1H3/t20-/m0/s1. The van der Waals surface area contributed by atoms with Crippen molar-refractivity contribution in [1.82, 2.24) is 5.32 Å². The largest absolute Gasteiger partial charge is 0.494 e. The number of aliphatic hydroxyl groups excluding tert-OH is 1. The van der Waals surface area contributed by atoms with Gasteiger partial charge in [0, 0.05) is 18.7 Å². The van der Waals surface area contributed by atoms with Gasteiger partial charge >= 0.3 is 0 Å². The highest BCUT2D eigenvalue weighted by molar-refractivity contribution is 5.87. The first kappa shape index (κ1) is 16.5. The maximum Gasteiger partial charge on any atom is 0.124 e. The molecule has 0 saturated carbocycles. The molecule has 0 aliphatic carbocycles. The number of hydrogen-bond acceptors (Lipinski definition) is 3. The summed E-state index contributed by atoms with van der Waals surface area (Å²) in [5.41, 5.74) is 2.06. The van der Waals surface area contributed by atoms with Crippen LogP contribution in [0.1, 0.15) is 24.2 Å². The van der Waals surface area contributed by atoms with Gasteiger partial charge in [-0.05, 0) is 29.3 Å². The smallest absolute Gasteiger partial charge is 0.124 e. The molecule has 0 heterocycles. The van der Waals surface area contributed by atoms with Gasteiger partial charge < -0.3 is 15.2 Å². The number of benzene rings is 3. The first-order chi connectivity index (χ1) is 11.8. The Bertz CT molecular complexity index is 786. The Balaban J connectivity index is 1.75.